The van der Waals surface area contributed by atoms with Crippen LogP contribution in [0.2, 0.25) is 0 Å². The predicted octanol–water partition coefficient (Wildman–Crippen LogP) is 0.360. The van der Waals surface area contributed by atoms with Crippen LogP contribution in [0.15, 0.2) is 24.4 Å². The van der Waals surface area contributed by atoms with Gasteiger partial charge in [-0.15, -0.1) is 0 Å². The number of hydrogen-bond donors (Lipinski definition) is 2. The number of carbonyl (C=O) groups excluding carboxylic acids is 1. The van der Waals surface area contributed by atoms with Crippen molar-refractivity contribution in [1.29, 1.82) is 0 Å². The van der Waals surface area contributed by atoms with Gasteiger partial charge in [-0.25, -0.2) is 0 Å². The van der Waals surface area contributed by atoms with Gasteiger partial charge in [0.1, 0.15) is 6.04 Å². The maximum absolute atomic E-state index is 11.5. The third kappa shape index (κ3) is 2.09. The van der Waals surface area contributed by atoms with Crippen LogP contribution >= 0.6 is 0 Å². The van der Waals surface area contributed by atoms with Crippen LogP contribution < -0.4 is 11.1 Å². The van der Waals surface area contributed by atoms with Crippen LogP contribution in [0.3, 0.4) is 0 Å². The van der Waals surface area contributed by atoms with E-state index in [9.17, 15) is 4.79 Å². The topological polar surface area (TPSA) is 68.0 Å². The average Bonchev–Trinajstić information content (AvgIpc) is 3.02. The molecule has 14 heavy (non-hydrogen) atoms. The number of amides is 1. The number of nitrogens with one attached hydrogen (secondary N) is 1. The van der Waals surface area contributed by atoms with Gasteiger partial charge in [-0.1, -0.05) is 6.07 Å². The summed E-state index contributed by atoms with van der Waals surface area (Å²) in [5.41, 5.74) is 6.36. The van der Waals surface area contributed by atoms with E-state index < -0.39 is 6.04 Å². The molecule has 1 aliphatic carbocycles. The van der Waals surface area contributed by atoms with Crippen molar-refractivity contribution < 1.29 is 4.79 Å². The molecule has 2 rings (SSSR count). The van der Waals surface area contributed by atoms with Crippen LogP contribution in [-0.2, 0) is 4.79 Å². The smallest absolute Gasteiger partial charge is 0.243 e. The maximum atomic E-state index is 11.5. The van der Waals surface area contributed by atoms with Crippen molar-refractivity contribution in [2.75, 3.05) is 0 Å². The van der Waals surface area contributed by atoms with Crippen molar-refractivity contribution in [2.45, 2.75) is 24.9 Å². The highest BCUT2D eigenvalue weighted by atomic mass is 16.2. The number of nitrogens with zero attached hydrogens (tertiary/aromatic N) is 1. The van der Waals surface area contributed by atoms with Crippen molar-refractivity contribution >= 4 is 5.91 Å². The summed E-state index contributed by atoms with van der Waals surface area (Å²) in [7, 11) is 0. The minimum absolute atomic E-state index is 0.133. The van der Waals surface area contributed by atoms with E-state index >= 15 is 0 Å². The first-order chi connectivity index (χ1) is 6.77. The van der Waals surface area contributed by atoms with Crippen molar-refractivity contribution in [3.8, 4) is 0 Å². The molecule has 1 aromatic heterocycles. The van der Waals surface area contributed by atoms with Gasteiger partial charge in [0.2, 0.25) is 5.91 Å². The van der Waals surface area contributed by atoms with Gasteiger partial charge in [0.15, 0.2) is 0 Å². The molecule has 1 unspecified atom stereocenters. The van der Waals surface area contributed by atoms with E-state index in [-0.39, 0.29) is 5.91 Å². The van der Waals surface area contributed by atoms with Crippen LogP contribution in [-0.4, -0.2) is 16.9 Å². The molecular weight excluding hydrogens is 178 g/mol. The average molecular weight is 191 g/mol. The lowest BCUT2D eigenvalue weighted by Gasteiger charge is -2.10. The molecule has 1 atom stereocenters. The van der Waals surface area contributed by atoms with E-state index in [0.29, 0.717) is 11.7 Å². The van der Waals surface area contributed by atoms with Gasteiger partial charge in [-0.3, -0.25) is 9.78 Å². The second-order valence-corrected chi connectivity index (χ2v) is 3.52. The van der Waals surface area contributed by atoms with E-state index in [1.54, 1.807) is 18.3 Å². The largest absolute Gasteiger partial charge is 0.352 e. The molecule has 0 aromatic carbocycles. The summed E-state index contributed by atoms with van der Waals surface area (Å²) in [6, 6.07) is 5.09. The summed E-state index contributed by atoms with van der Waals surface area (Å²) in [6.07, 6.45) is 3.78. The van der Waals surface area contributed by atoms with Crippen LogP contribution in [0.1, 0.15) is 24.6 Å². The Balaban J connectivity index is 1.99. The molecule has 4 nitrogen and oxygen atoms in total. The summed E-state index contributed by atoms with van der Waals surface area (Å²) < 4.78 is 0. The van der Waals surface area contributed by atoms with Crippen molar-refractivity contribution in [2.24, 2.45) is 5.73 Å². The maximum Gasteiger partial charge on any atom is 0.243 e. The highest BCUT2D eigenvalue weighted by molar-refractivity contribution is 5.82. The molecule has 0 aliphatic heterocycles. The lowest BCUT2D eigenvalue weighted by atomic mass is 10.2. The number of hydrogen-bond acceptors (Lipinski definition) is 3. The van der Waals surface area contributed by atoms with Gasteiger partial charge in [0.05, 0.1) is 5.69 Å². The van der Waals surface area contributed by atoms with E-state index in [2.05, 4.69) is 10.3 Å². The lowest BCUT2D eigenvalue weighted by molar-refractivity contribution is -0.122. The molecule has 0 saturated heterocycles. The highest BCUT2D eigenvalue weighted by Crippen LogP contribution is 2.19. The van der Waals surface area contributed by atoms with Crippen molar-refractivity contribution in [1.82, 2.24) is 10.3 Å². The van der Waals surface area contributed by atoms with E-state index in [1.165, 1.54) is 0 Å². The van der Waals surface area contributed by atoms with Crippen molar-refractivity contribution in [3.63, 3.8) is 0 Å². The molecule has 1 aromatic rings. The molecule has 1 heterocycles. The third-order valence-electron chi connectivity index (χ3n) is 2.21. The summed E-state index contributed by atoms with van der Waals surface area (Å²) in [4.78, 5) is 15.6. The van der Waals surface area contributed by atoms with Crippen LogP contribution in [0.5, 0.6) is 0 Å². The zero-order chi connectivity index (χ0) is 9.97. The van der Waals surface area contributed by atoms with E-state index in [4.69, 9.17) is 5.73 Å². The van der Waals surface area contributed by atoms with Gasteiger partial charge in [-0.05, 0) is 25.0 Å². The molecule has 1 fully saturated rings. The normalized spacial score (nSPS) is 17.5. The first-order valence-corrected chi connectivity index (χ1v) is 4.74. The van der Waals surface area contributed by atoms with E-state index in [1.807, 2.05) is 6.07 Å². The second-order valence-electron chi connectivity index (χ2n) is 3.52. The Labute approximate surface area is 82.5 Å². The fraction of sp³-hybridized carbons (Fsp3) is 0.400. The second kappa shape index (κ2) is 3.75. The van der Waals surface area contributed by atoms with Crippen LogP contribution in [0.25, 0.3) is 0 Å². The van der Waals surface area contributed by atoms with E-state index in [0.717, 1.165) is 12.8 Å². The zero-order valence-electron chi connectivity index (χ0n) is 7.81. The first kappa shape index (κ1) is 9.15. The number of pyridine rings is 1. The molecule has 0 radical (unpaired) electrons. The third-order valence-corrected chi connectivity index (χ3v) is 2.21. The summed E-state index contributed by atoms with van der Waals surface area (Å²) in [6.45, 7) is 0. The minimum Gasteiger partial charge on any atom is -0.352 e. The van der Waals surface area contributed by atoms with Gasteiger partial charge in [0, 0.05) is 12.2 Å². The number of carbonyl (C=O) groups is 1. The minimum atomic E-state index is -0.642. The molecule has 4 heteroatoms. The molecule has 0 spiro atoms. The first-order valence-electron chi connectivity index (χ1n) is 4.74. The lowest BCUT2D eigenvalue weighted by Crippen LogP contribution is -2.35. The Hall–Kier alpha value is -1.42. The van der Waals surface area contributed by atoms with Gasteiger partial charge < -0.3 is 11.1 Å². The fourth-order valence-corrected chi connectivity index (χ4v) is 1.21. The monoisotopic (exact) mass is 191 g/mol. The van der Waals surface area contributed by atoms with Crippen LogP contribution in [0, 0.1) is 0 Å². The van der Waals surface area contributed by atoms with Gasteiger partial charge in [-0.2, -0.15) is 0 Å². The fourth-order valence-electron chi connectivity index (χ4n) is 1.21. The van der Waals surface area contributed by atoms with Gasteiger partial charge in [0.25, 0.3) is 0 Å². The standard InChI is InChI=1S/C10H13N3O/c11-9(8-3-1-2-6-12-8)10(14)13-7-4-5-7/h1-3,6-7,9H,4-5,11H2,(H,13,14). The summed E-state index contributed by atoms with van der Waals surface area (Å²) in [5.74, 6) is -0.133. The molecule has 1 aliphatic rings. The van der Waals surface area contributed by atoms with Gasteiger partial charge >= 0.3 is 0 Å². The Kier molecular flexibility index (Phi) is 2.45. The Morgan fingerprint density at radius 2 is 2.36 bits per heavy atom. The summed E-state index contributed by atoms with van der Waals surface area (Å²) >= 11 is 0. The Morgan fingerprint density at radius 3 is 2.93 bits per heavy atom. The molecule has 0 bridgehead atoms. The number of aromatic nitrogens is 1. The molecule has 3 N–H and O–H groups in total. The Bertz CT molecular complexity index is 321. The summed E-state index contributed by atoms with van der Waals surface area (Å²) in [5, 5.41) is 2.85. The molecule has 74 valence electrons. The highest BCUT2D eigenvalue weighted by Gasteiger charge is 2.26. The quantitative estimate of drug-likeness (QED) is 0.724. The van der Waals surface area contributed by atoms with Crippen LogP contribution in [0.4, 0.5) is 0 Å². The number of nitrogens with two attached hydrogens (primary N) is 1. The SMILES string of the molecule is NC(C(=O)NC1CC1)c1ccccn1. The molecular formula is C10H13N3O. The predicted molar refractivity (Wildman–Crippen MR) is 52.3 cm³/mol. The molecule has 1 amide bonds. The molecule has 1 saturated carbocycles. The zero-order valence-corrected chi connectivity index (χ0v) is 7.81. The number of rotatable bonds is 3. The Morgan fingerprint density at radius 1 is 1.57 bits per heavy atom. The van der Waals surface area contributed by atoms with Crippen molar-refractivity contribution in [3.05, 3.63) is 30.1 Å².